The maximum atomic E-state index is 13.2. The van der Waals surface area contributed by atoms with Gasteiger partial charge in [0.15, 0.2) is 5.76 Å². The molecule has 1 amide bonds. The summed E-state index contributed by atoms with van der Waals surface area (Å²) in [7, 11) is 4.01. The number of carbonyl (C=O) groups is 1. The molecule has 2 aromatic carbocycles. The fraction of sp³-hybridized carbons (Fsp3) is 0.375. The van der Waals surface area contributed by atoms with E-state index in [0.717, 1.165) is 29.4 Å². The van der Waals surface area contributed by atoms with Gasteiger partial charge in [0.2, 0.25) is 0 Å². The first kappa shape index (κ1) is 18.8. The summed E-state index contributed by atoms with van der Waals surface area (Å²) in [4.78, 5) is 15.3. The second-order valence-corrected chi connectivity index (χ2v) is 8.68. The average Bonchev–Trinajstić information content (AvgIpc) is 3.02. The number of amides is 1. The Labute approximate surface area is 166 Å². The second kappa shape index (κ2) is 7.10. The molecule has 0 saturated carbocycles. The SMILES string of the molecule is CN(C)Cc1c(C(=O)NC2CCC(C)(C)c3ccccc32)oc2ccccc12. The molecule has 1 aromatic heterocycles. The molecule has 3 aromatic rings. The summed E-state index contributed by atoms with van der Waals surface area (Å²) in [6.45, 7) is 5.21. The van der Waals surface area contributed by atoms with Gasteiger partial charge in [-0.2, -0.15) is 0 Å². The Hall–Kier alpha value is -2.59. The third-order valence-electron chi connectivity index (χ3n) is 5.81. The van der Waals surface area contributed by atoms with Crippen molar-refractivity contribution in [1.82, 2.24) is 10.2 Å². The molecule has 4 nitrogen and oxygen atoms in total. The van der Waals surface area contributed by atoms with E-state index in [9.17, 15) is 4.79 Å². The highest BCUT2D eigenvalue weighted by atomic mass is 16.3. The van der Waals surface area contributed by atoms with E-state index in [1.54, 1.807) is 0 Å². The highest BCUT2D eigenvalue weighted by molar-refractivity contribution is 5.99. The lowest BCUT2D eigenvalue weighted by Crippen LogP contribution is -2.36. The van der Waals surface area contributed by atoms with Gasteiger partial charge >= 0.3 is 0 Å². The molecule has 0 bridgehead atoms. The topological polar surface area (TPSA) is 45.5 Å². The van der Waals surface area contributed by atoms with Gasteiger partial charge in [0.1, 0.15) is 5.58 Å². The van der Waals surface area contributed by atoms with E-state index in [0.29, 0.717) is 12.3 Å². The summed E-state index contributed by atoms with van der Waals surface area (Å²) in [6, 6.07) is 16.3. The molecule has 4 rings (SSSR count). The number of para-hydroxylation sites is 1. The molecule has 1 heterocycles. The fourth-order valence-electron chi connectivity index (χ4n) is 4.34. The first-order valence-corrected chi connectivity index (χ1v) is 9.92. The molecule has 28 heavy (non-hydrogen) atoms. The Morgan fingerprint density at radius 3 is 2.64 bits per heavy atom. The maximum absolute atomic E-state index is 13.2. The van der Waals surface area contributed by atoms with E-state index in [4.69, 9.17) is 4.42 Å². The number of hydrogen-bond donors (Lipinski definition) is 1. The van der Waals surface area contributed by atoms with Crippen LogP contribution >= 0.6 is 0 Å². The van der Waals surface area contributed by atoms with Gasteiger partial charge in [-0.05, 0) is 49.5 Å². The Bertz CT molecular complexity index is 1020. The van der Waals surface area contributed by atoms with Crippen LogP contribution in [-0.4, -0.2) is 24.9 Å². The second-order valence-electron chi connectivity index (χ2n) is 8.68. The van der Waals surface area contributed by atoms with Crippen LogP contribution in [0.25, 0.3) is 11.0 Å². The summed E-state index contributed by atoms with van der Waals surface area (Å²) in [5, 5.41) is 4.26. The van der Waals surface area contributed by atoms with E-state index < -0.39 is 0 Å². The van der Waals surface area contributed by atoms with Crippen LogP contribution in [0.3, 0.4) is 0 Å². The van der Waals surface area contributed by atoms with Gasteiger partial charge in [-0.1, -0.05) is 56.3 Å². The van der Waals surface area contributed by atoms with Crippen LogP contribution in [0.15, 0.2) is 52.9 Å². The van der Waals surface area contributed by atoms with E-state index >= 15 is 0 Å². The van der Waals surface area contributed by atoms with Crippen LogP contribution in [0.1, 0.15) is 60.0 Å². The normalized spacial score (nSPS) is 18.2. The number of benzene rings is 2. The third-order valence-corrected chi connectivity index (χ3v) is 5.81. The van der Waals surface area contributed by atoms with Crippen LogP contribution in [0.4, 0.5) is 0 Å². The number of nitrogens with zero attached hydrogens (tertiary/aromatic N) is 1. The number of furan rings is 1. The van der Waals surface area contributed by atoms with Crippen LogP contribution in [0.5, 0.6) is 0 Å². The third kappa shape index (κ3) is 3.33. The van der Waals surface area contributed by atoms with Crippen molar-refractivity contribution in [2.45, 2.75) is 44.7 Å². The van der Waals surface area contributed by atoms with Crippen LogP contribution in [0.2, 0.25) is 0 Å². The van der Waals surface area contributed by atoms with Gasteiger partial charge in [0, 0.05) is 17.5 Å². The van der Waals surface area contributed by atoms with Crippen molar-refractivity contribution in [1.29, 1.82) is 0 Å². The molecule has 1 unspecified atom stereocenters. The summed E-state index contributed by atoms with van der Waals surface area (Å²) < 4.78 is 5.99. The van der Waals surface area contributed by atoms with Crippen molar-refractivity contribution in [2.24, 2.45) is 0 Å². The van der Waals surface area contributed by atoms with E-state index in [2.05, 4.69) is 48.3 Å². The predicted octanol–water partition coefficient (Wildman–Crippen LogP) is 5.04. The minimum Gasteiger partial charge on any atom is -0.451 e. The van der Waals surface area contributed by atoms with Crippen LogP contribution in [0, 0.1) is 0 Å². The van der Waals surface area contributed by atoms with Gasteiger partial charge in [-0.25, -0.2) is 0 Å². The van der Waals surface area contributed by atoms with Gasteiger partial charge in [-0.15, -0.1) is 0 Å². The number of nitrogens with one attached hydrogen (secondary N) is 1. The first-order valence-electron chi connectivity index (χ1n) is 9.92. The van der Waals surface area contributed by atoms with Gasteiger partial charge in [0.05, 0.1) is 6.04 Å². The maximum Gasteiger partial charge on any atom is 0.287 e. The largest absolute Gasteiger partial charge is 0.451 e. The quantitative estimate of drug-likeness (QED) is 0.694. The van der Waals surface area contributed by atoms with Crippen molar-refractivity contribution in [3.8, 4) is 0 Å². The van der Waals surface area contributed by atoms with E-state index in [-0.39, 0.29) is 17.4 Å². The minimum absolute atomic E-state index is 0.0112. The Morgan fingerprint density at radius 2 is 1.86 bits per heavy atom. The van der Waals surface area contributed by atoms with Gasteiger partial charge in [0.25, 0.3) is 5.91 Å². The highest BCUT2D eigenvalue weighted by Gasteiger charge is 2.34. The summed E-state index contributed by atoms with van der Waals surface area (Å²) in [5.74, 6) is 0.296. The lowest BCUT2D eigenvalue weighted by Gasteiger charge is -2.37. The van der Waals surface area contributed by atoms with Crippen LogP contribution in [-0.2, 0) is 12.0 Å². The lowest BCUT2D eigenvalue weighted by molar-refractivity contribution is 0.0901. The summed E-state index contributed by atoms with van der Waals surface area (Å²) in [5.41, 5.74) is 4.38. The molecular formula is C24H28N2O2. The zero-order valence-electron chi connectivity index (χ0n) is 17.1. The smallest absolute Gasteiger partial charge is 0.287 e. The molecule has 1 N–H and O–H groups in total. The van der Waals surface area contributed by atoms with Crippen molar-refractivity contribution in [2.75, 3.05) is 14.1 Å². The zero-order chi connectivity index (χ0) is 19.9. The van der Waals surface area contributed by atoms with Crippen molar-refractivity contribution in [3.05, 3.63) is 71.0 Å². The molecule has 1 aliphatic rings. The van der Waals surface area contributed by atoms with Crippen LogP contribution < -0.4 is 5.32 Å². The van der Waals surface area contributed by atoms with E-state index in [1.807, 2.05) is 38.4 Å². The Morgan fingerprint density at radius 1 is 1.14 bits per heavy atom. The molecular weight excluding hydrogens is 348 g/mol. The van der Waals surface area contributed by atoms with Gasteiger partial charge < -0.3 is 14.6 Å². The first-order chi connectivity index (χ1) is 13.4. The predicted molar refractivity (Wildman–Crippen MR) is 113 cm³/mol. The fourth-order valence-corrected chi connectivity index (χ4v) is 4.34. The lowest BCUT2D eigenvalue weighted by atomic mass is 9.71. The van der Waals surface area contributed by atoms with Gasteiger partial charge in [-0.3, -0.25) is 4.79 Å². The monoisotopic (exact) mass is 376 g/mol. The molecule has 0 spiro atoms. The average molecular weight is 377 g/mol. The Balaban J connectivity index is 1.68. The number of fused-ring (bicyclic) bond motifs is 2. The number of rotatable bonds is 4. The molecule has 0 saturated heterocycles. The number of hydrogen-bond acceptors (Lipinski definition) is 3. The summed E-state index contributed by atoms with van der Waals surface area (Å²) >= 11 is 0. The molecule has 0 aliphatic heterocycles. The minimum atomic E-state index is -0.132. The van der Waals surface area contributed by atoms with Crippen molar-refractivity contribution < 1.29 is 9.21 Å². The molecule has 4 heteroatoms. The molecule has 1 atom stereocenters. The molecule has 0 radical (unpaired) electrons. The molecule has 1 aliphatic carbocycles. The summed E-state index contributed by atoms with van der Waals surface area (Å²) in [6.07, 6.45) is 1.97. The van der Waals surface area contributed by atoms with Crippen molar-refractivity contribution in [3.63, 3.8) is 0 Å². The molecule has 146 valence electrons. The van der Waals surface area contributed by atoms with E-state index in [1.165, 1.54) is 11.1 Å². The Kier molecular flexibility index (Phi) is 4.76. The zero-order valence-corrected chi connectivity index (χ0v) is 17.1. The highest BCUT2D eigenvalue weighted by Crippen LogP contribution is 2.41. The number of carbonyl (C=O) groups excluding carboxylic acids is 1. The standard InChI is InChI=1S/C24H28N2O2/c1-24(2)14-13-20(17-10-5-7-11-19(17)24)25-23(27)22-18(15-26(3)4)16-9-6-8-12-21(16)28-22/h5-12,20H,13-15H2,1-4H3,(H,25,27). The van der Waals surface area contributed by atoms with Crippen molar-refractivity contribution >= 4 is 16.9 Å². The molecule has 0 fully saturated rings.